The fourth-order valence-corrected chi connectivity index (χ4v) is 1.65. The lowest BCUT2D eigenvalue weighted by molar-refractivity contribution is -0.0173. The van der Waals surface area contributed by atoms with Gasteiger partial charge >= 0.3 is 0 Å². The molecule has 0 radical (unpaired) electrons. The number of aliphatic hydroxyl groups is 3. The first-order valence-electron chi connectivity index (χ1n) is 2.81. The van der Waals surface area contributed by atoms with Crippen LogP contribution in [0.15, 0.2) is 0 Å². The van der Waals surface area contributed by atoms with E-state index < -0.39 is 18.3 Å². The summed E-state index contributed by atoms with van der Waals surface area (Å²) < 4.78 is 0. The summed E-state index contributed by atoms with van der Waals surface area (Å²) in [7, 11) is 0. The van der Waals surface area contributed by atoms with Crippen LogP contribution in [0.3, 0.4) is 0 Å². The molecule has 0 amide bonds. The van der Waals surface area contributed by atoms with Crippen LogP contribution in [0.1, 0.15) is 6.42 Å². The van der Waals surface area contributed by atoms with Crippen molar-refractivity contribution in [3.05, 3.63) is 0 Å². The molecule has 3 N–H and O–H groups in total. The molecule has 9 heavy (non-hydrogen) atoms. The van der Waals surface area contributed by atoms with E-state index in [0.717, 1.165) is 0 Å². The summed E-state index contributed by atoms with van der Waals surface area (Å²) in [5.74, 6) is 0. The van der Waals surface area contributed by atoms with Crippen molar-refractivity contribution in [1.29, 1.82) is 0 Å². The van der Waals surface area contributed by atoms with E-state index >= 15 is 0 Å². The summed E-state index contributed by atoms with van der Waals surface area (Å²) in [5, 5.41) is 26.8. The van der Waals surface area contributed by atoms with Crippen molar-refractivity contribution in [3.63, 3.8) is 0 Å². The first-order valence-corrected chi connectivity index (χ1v) is 3.72. The van der Waals surface area contributed by atoms with Gasteiger partial charge in [-0.05, 0) is 6.42 Å². The molecule has 0 aromatic carbocycles. The van der Waals surface area contributed by atoms with Gasteiger partial charge in [0.1, 0.15) is 6.10 Å². The molecule has 0 saturated heterocycles. The Balaban J connectivity index is 2.54. The van der Waals surface area contributed by atoms with Crippen molar-refractivity contribution in [2.45, 2.75) is 29.6 Å². The number of halogens is 1. The molecule has 1 saturated carbocycles. The highest BCUT2D eigenvalue weighted by Gasteiger charge is 2.38. The number of hydrogen-bond acceptors (Lipinski definition) is 3. The lowest BCUT2D eigenvalue weighted by Gasteiger charge is -2.10. The average molecular weight is 197 g/mol. The second-order valence-corrected chi connectivity index (χ2v) is 3.48. The predicted octanol–water partition coefficient (Wildman–Crippen LogP) is -0.764. The predicted molar refractivity (Wildman–Crippen MR) is 35.4 cm³/mol. The van der Waals surface area contributed by atoms with Gasteiger partial charge < -0.3 is 15.3 Å². The summed E-state index contributed by atoms with van der Waals surface area (Å²) in [6.45, 7) is 0. The van der Waals surface area contributed by atoms with Crippen LogP contribution in [0.5, 0.6) is 0 Å². The topological polar surface area (TPSA) is 60.7 Å². The Bertz CT molecular complexity index is 96.4. The fraction of sp³-hybridized carbons (Fsp3) is 1.00. The standard InChI is InChI=1S/C5H9BrO3/c6-2-1-3(7)5(9)4(2)8/h2-5,7-9H,1H2. The maximum atomic E-state index is 8.98. The van der Waals surface area contributed by atoms with Crippen LogP contribution in [0.25, 0.3) is 0 Å². The molecule has 0 spiro atoms. The first-order chi connectivity index (χ1) is 4.13. The van der Waals surface area contributed by atoms with Crippen molar-refractivity contribution < 1.29 is 15.3 Å². The van der Waals surface area contributed by atoms with E-state index in [-0.39, 0.29) is 4.83 Å². The van der Waals surface area contributed by atoms with Gasteiger partial charge in [-0.15, -0.1) is 0 Å². The highest BCUT2D eigenvalue weighted by Crippen LogP contribution is 2.26. The third-order valence-corrected chi connectivity index (χ3v) is 2.50. The van der Waals surface area contributed by atoms with Crippen LogP contribution in [-0.2, 0) is 0 Å². The first kappa shape index (κ1) is 7.47. The zero-order valence-corrected chi connectivity index (χ0v) is 6.32. The molecule has 0 bridgehead atoms. The Hall–Kier alpha value is 0.360. The summed E-state index contributed by atoms with van der Waals surface area (Å²) in [4.78, 5) is -0.164. The van der Waals surface area contributed by atoms with Crippen LogP contribution < -0.4 is 0 Å². The lowest BCUT2D eigenvalue weighted by atomic mass is 10.2. The van der Waals surface area contributed by atoms with Crippen LogP contribution >= 0.6 is 15.9 Å². The van der Waals surface area contributed by atoms with Crippen molar-refractivity contribution in [2.24, 2.45) is 0 Å². The average Bonchev–Trinajstić information content (AvgIpc) is 1.98. The Labute approximate surface area is 61.4 Å². The monoisotopic (exact) mass is 196 g/mol. The van der Waals surface area contributed by atoms with E-state index in [1.165, 1.54) is 0 Å². The quantitative estimate of drug-likeness (QED) is 0.447. The molecular formula is C5H9BrO3. The molecule has 0 aromatic heterocycles. The molecule has 1 aliphatic carbocycles. The maximum absolute atomic E-state index is 8.98. The third kappa shape index (κ3) is 1.26. The Morgan fingerprint density at radius 3 is 1.78 bits per heavy atom. The van der Waals surface area contributed by atoms with E-state index in [1.807, 2.05) is 0 Å². The smallest absolute Gasteiger partial charge is 0.107 e. The Kier molecular flexibility index (Phi) is 2.10. The number of aliphatic hydroxyl groups excluding tert-OH is 3. The molecule has 0 aromatic rings. The lowest BCUT2D eigenvalue weighted by Crippen LogP contribution is -2.30. The van der Waals surface area contributed by atoms with Gasteiger partial charge in [0.15, 0.2) is 0 Å². The summed E-state index contributed by atoms with van der Waals surface area (Å²) in [5.41, 5.74) is 0. The molecule has 4 atom stereocenters. The van der Waals surface area contributed by atoms with Gasteiger partial charge in [-0.2, -0.15) is 0 Å². The largest absolute Gasteiger partial charge is 0.390 e. The second-order valence-electron chi connectivity index (χ2n) is 2.30. The van der Waals surface area contributed by atoms with Crippen LogP contribution in [0.4, 0.5) is 0 Å². The van der Waals surface area contributed by atoms with Gasteiger partial charge in [-0.25, -0.2) is 0 Å². The number of alkyl halides is 1. The van der Waals surface area contributed by atoms with Crippen LogP contribution in [0.2, 0.25) is 0 Å². The van der Waals surface area contributed by atoms with Crippen molar-refractivity contribution in [2.75, 3.05) is 0 Å². The van der Waals surface area contributed by atoms with Crippen molar-refractivity contribution in [3.8, 4) is 0 Å². The van der Waals surface area contributed by atoms with Gasteiger partial charge in [0, 0.05) is 4.83 Å². The van der Waals surface area contributed by atoms with Crippen LogP contribution in [-0.4, -0.2) is 38.5 Å². The Morgan fingerprint density at radius 2 is 1.67 bits per heavy atom. The zero-order chi connectivity index (χ0) is 7.02. The highest BCUT2D eigenvalue weighted by molar-refractivity contribution is 9.09. The van der Waals surface area contributed by atoms with Gasteiger partial charge in [0.05, 0.1) is 12.2 Å². The molecule has 54 valence electrons. The van der Waals surface area contributed by atoms with Gasteiger partial charge in [-0.1, -0.05) is 15.9 Å². The SMILES string of the molecule is OC1CC(Br)C(O)C1O. The van der Waals surface area contributed by atoms with E-state index in [9.17, 15) is 0 Å². The van der Waals surface area contributed by atoms with Gasteiger partial charge in [-0.3, -0.25) is 0 Å². The molecular weight excluding hydrogens is 188 g/mol. The van der Waals surface area contributed by atoms with Crippen LogP contribution in [0, 0.1) is 0 Å². The second kappa shape index (κ2) is 2.54. The Morgan fingerprint density at radius 1 is 1.11 bits per heavy atom. The minimum atomic E-state index is -0.977. The fourth-order valence-electron chi connectivity index (χ4n) is 0.951. The molecule has 0 heterocycles. The molecule has 4 heteroatoms. The summed E-state index contributed by atoms with van der Waals surface area (Å²) in [6, 6.07) is 0. The maximum Gasteiger partial charge on any atom is 0.107 e. The van der Waals surface area contributed by atoms with Crippen molar-refractivity contribution in [1.82, 2.24) is 0 Å². The van der Waals surface area contributed by atoms with E-state index in [1.54, 1.807) is 0 Å². The molecule has 0 aliphatic heterocycles. The normalized spacial score (nSPS) is 52.0. The molecule has 1 rings (SSSR count). The van der Waals surface area contributed by atoms with Crippen molar-refractivity contribution >= 4 is 15.9 Å². The summed E-state index contributed by atoms with van der Waals surface area (Å²) in [6.07, 6.45) is -2.15. The minimum Gasteiger partial charge on any atom is -0.390 e. The van der Waals surface area contributed by atoms with E-state index in [2.05, 4.69) is 15.9 Å². The van der Waals surface area contributed by atoms with Gasteiger partial charge in [0.2, 0.25) is 0 Å². The molecule has 4 unspecified atom stereocenters. The molecule has 1 aliphatic rings. The van der Waals surface area contributed by atoms with E-state index in [0.29, 0.717) is 6.42 Å². The summed E-state index contributed by atoms with van der Waals surface area (Å²) >= 11 is 3.11. The minimum absolute atomic E-state index is 0.164. The third-order valence-electron chi connectivity index (χ3n) is 1.58. The number of rotatable bonds is 0. The van der Waals surface area contributed by atoms with E-state index in [4.69, 9.17) is 15.3 Å². The zero-order valence-electron chi connectivity index (χ0n) is 4.74. The number of hydrogen-bond donors (Lipinski definition) is 3. The molecule has 1 fully saturated rings. The van der Waals surface area contributed by atoms with Gasteiger partial charge in [0.25, 0.3) is 0 Å². The molecule has 3 nitrogen and oxygen atoms in total. The highest BCUT2D eigenvalue weighted by atomic mass is 79.9.